The van der Waals surface area contributed by atoms with E-state index in [4.69, 9.17) is 9.47 Å². The topological polar surface area (TPSA) is 56.3 Å². The predicted octanol–water partition coefficient (Wildman–Crippen LogP) is 6.40. The van der Waals surface area contributed by atoms with E-state index < -0.39 is 11.7 Å². The molecular formula is C27H26F3N3O2. The Morgan fingerprint density at radius 3 is 2.54 bits per heavy atom. The van der Waals surface area contributed by atoms with Gasteiger partial charge in [-0.05, 0) is 61.2 Å². The van der Waals surface area contributed by atoms with E-state index in [-0.39, 0.29) is 12.5 Å². The lowest BCUT2D eigenvalue weighted by molar-refractivity contribution is -0.137. The highest BCUT2D eigenvalue weighted by Crippen LogP contribution is 2.37. The Bertz CT molecular complexity index is 1230. The molecule has 0 radical (unpaired) electrons. The molecule has 1 aliphatic heterocycles. The number of pyridine rings is 2. The minimum Gasteiger partial charge on any atom is -0.496 e. The first-order valence-electron chi connectivity index (χ1n) is 11.2. The second-order valence-electron chi connectivity index (χ2n) is 8.37. The number of allylic oxidation sites excluding steroid dienone is 2. The van der Waals surface area contributed by atoms with E-state index in [1.807, 2.05) is 43.6 Å². The van der Waals surface area contributed by atoms with Gasteiger partial charge in [0.2, 0.25) is 0 Å². The third kappa shape index (κ3) is 5.82. The van der Waals surface area contributed by atoms with E-state index in [1.165, 1.54) is 6.07 Å². The summed E-state index contributed by atoms with van der Waals surface area (Å²) in [5, 5.41) is 3.41. The van der Waals surface area contributed by atoms with E-state index in [2.05, 4.69) is 28.3 Å². The van der Waals surface area contributed by atoms with E-state index in [0.717, 1.165) is 46.8 Å². The van der Waals surface area contributed by atoms with Gasteiger partial charge in [-0.15, -0.1) is 0 Å². The standard InChI is InChI=1S/C27H26F3N3O2/c1-17-4-11-25(19-6-5-18(2)31-13-19)33-15-24(17)23-10-9-22(12-26(23)34-3)35-16-21-8-7-20(14-32-21)27(28,29)30/h5-15,17,33H,4,16H2,1-3H3/t17-/m1/s1. The molecule has 0 unspecified atom stereocenters. The maximum absolute atomic E-state index is 12.7. The van der Waals surface area contributed by atoms with Crippen LogP contribution in [-0.4, -0.2) is 17.1 Å². The van der Waals surface area contributed by atoms with Crippen LogP contribution < -0.4 is 14.8 Å². The Kier molecular flexibility index (Phi) is 7.10. The van der Waals surface area contributed by atoms with Crippen LogP contribution in [0, 0.1) is 12.8 Å². The molecule has 5 nitrogen and oxygen atoms in total. The summed E-state index contributed by atoms with van der Waals surface area (Å²) in [4.78, 5) is 8.23. The smallest absolute Gasteiger partial charge is 0.417 e. The molecule has 2 aromatic heterocycles. The average molecular weight is 482 g/mol. The lowest BCUT2D eigenvalue weighted by atomic mass is 9.91. The second-order valence-corrected chi connectivity index (χ2v) is 8.37. The summed E-state index contributed by atoms with van der Waals surface area (Å²) >= 11 is 0. The van der Waals surface area contributed by atoms with Gasteiger partial charge in [0.25, 0.3) is 0 Å². The number of hydrogen-bond acceptors (Lipinski definition) is 5. The van der Waals surface area contributed by atoms with Gasteiger partial charge in [0.05, 0.1) is 18.4 Å². The number of nitrogens with zero attached hydrogens (tertiary/aromatic N) is 2. The molecule has 1 N–H and O–H groups in total. The molecule has 3 heterocycles. The quantitative estimate of drug-likeness (QED) is 0.441. The zero-order valence-electron chi connectivity index (χ0n) is 19.7. The molecule has 8 heteroatoms. The van der Waals surface area contributed by atoms with Gasteiger partial charge in [-0.1, -0.05) is 13.0 Å². The zero-order valence-corrected chi connectivity index (χ0v) is 19.7. The molecule has 0 spiro atoms. The Labute approximate surface area is 202 Å². The van der Waals surface area contributed by atoms with Crippen molar-refractivity contribution in [3.8, 4) is 11.5 Å². The van der Waals surface area contributed by atoms with Crippen molar-refractivity contribution in [2.75, 3.05) is 7.11 Å². The molecular weight excluding hydrogens is 455 g/mol. The summed E-state index contributed by atoms with van der Waals surface area (Å²) < 4.78 is 49.6. The fraction of sp³-hybridized carbons (Fsp3) is 0.259. The summed E-state index contributed by atoms with van der Waals surface area (Å²) in [6, 6.07) is 11.9. The van der Waals surface area contributed by atoms with Gasteiger partial charge in [-0.3, -0.25) is 9.97 Å². The molecule has 4 rings (SSSR count). The number of aryl methyl sites for hydroxylation is 1. The third-order valence-electron chi connectivity index (χ3n) is 5.83. The van der Waals surface area contributed by atoms with Crippen molar-refractivity contribution in [1.82, 2.24) is 15.3 Å². The number of aromatic nitrogens is 2. The average Bonchev–Trinajstić information content (AvgIpc) is 3.04. The van der Waals surface area contributed by atoms with Crippen molar-refractivity contribution >= 4 is 11.3 Å². The molecule has 0 saturated carbocycles. The summed E-state index contributed by atoms with van der Waals surface area (Å²) in [6.45, 7) is 4.15. The highest BCUT2D eigenvalue weighted by Gasteiger charge is 2.30. The van der Waals surface area contributed by atoms with Crippen LogP contribution in [-0.2, 0) is 12.8 Å². The first kappa shape index (κ1) is 24.3. The summed E-state index contributed by atoms with van der Waals surface area (Å²) in [7, 11) is 1.59. The highest BCUT2D eigenvalue weighted by molar-refractivity contribution is 5.76. The number of hydrogen-bond donors (Lipinski definition) is 1. The van der Waals surface area contributed by atoms with Gasteiger partial charge in [-0.25, -0.2) is 0 Å². The molecule has 35 heavy (non-hydrogen) atoms. The number of rotatable bonds is 6. The second kappa shape index (κ2) is 10.2. The molecule has 3 aromatic rings. The lowest BCUT2D eigenvalue weighted by Gasteiger charge is -2.17. The van der Waals surface area contributed by atoms with E-state index in [9.17, 15) is 13.2 Å². The van der Waals surface area contributed by atoms with Gasteiger partial charge >= 0.3 is 6.18 Å². The van der Waals surface area contributed by atoms with Crippen LogP contribution >= 0.6 is 0 Å². The lowest BCUT2D eigenvalue weighted by Crippen LogP contribution is -2.07. The first-order chi connectivity index (χ1) is 16.7. The van der Waals surface area contributed by atoms with Gasteiger partial charge in [0, 0.05) is 47.2 Å². The van der Waals surface area contributed by atoms with E-state index >= 15 is 0 Å². The largest absolute Gasteiger partial charge is 0.496 e. The van der Waals surface area contributed by atoms with E-state index in [1.54, 1.807) is 13.2 Å². The third-order valence-corrected chi connectivity index (χ3v) is 5.83. The molecule has 0 saturated heterocycles. The van der Waals surface area contributed by atoms with Crippen molar-refractivity contribution in [2.45, 2.75) is 33.1 Å². The number of alkyl halides is 3. The van der Waals surface area contributed by atoms with Crippen LogP contribution in [0.2, 0.25) is 0 Å². The van der Waals surface area contributed by atoms with Crippen LogP contribution in [0.3, 0.4) is 0 Å². The molecule has 0 aliphatic carbocycles. The van der Waals surface area contributed by atoms with Crippen LogP contribution in [0.25, 0.3) is 11.3 Å². The van der Waals surface area contributed by atoms with Gasteiger partial charge in [-0.2, -0.15) is 13.2 Å². The van der Waals surface area contributed by atoms with Crippen molar-refractivity contribution < 1.29 is 22.6 Å². The Hall–Kier alpha value is -3.81. The number of benzene rings is 1. The number of ether oxygens (including phenoxy) is 2. The SMILES string of the molecule is COc1cc(OCc2ccc(C(F)(F)F)cn2)ccc1C1=CNC(c2ccc(C)nc2)=CC[C@H]1C. The van der Waals surface area contributed by atoms with Crippen molar-refractivity contribution in [1.29, 1.82) is 0 Å². The Morgan fingerprint density at radius 1 is 1.06 bits per heavy atom. The summed E-state index contributed by atoms with van der Waals surface area (Å²) in [5.74, 6) is 1.41. The molecule has 1 aliphatic rings. The van der Waals surface area contributed by atoms with Crippen molar-refractivity contribution in [3.05, 3.63) is 95.2 Å². The molecule has 0 amide bonds. The van der Waals surface area contributed by atoms with E-state index in [0.29, 0.717) is 17.2 Å². The predicted molar refractivity (Wildman–Crippen MR) is 128 cm³/mol. The normalized spacial score (nSPS) is 16.0. The minimum atomic E-state index is -4.42. The van der Waals surface area contributed by atoms with Crippen LogP contribution in [0.5, 0.6) is 11.5 Å². The summed E-state index contributed by atoms with van der Waals surface area (Å²) in [6.07, 6.45) is 3.25. The van der Waals surface area contributed by atoms with Gasteiger partial charge in [0.1, 0.15) is 18.1 Å². The summed E-state index contributed by atoms with van der Waals surface area (Å²) in [5.41, 5.74) is 4.62. The zero-order chi connectivity index (χ0) is 25.0. The van der Waals surface area contributed by atoms with Crippen molar-refractivity contribution in [3.63, 3.8) is 0 Å². The molecule has 182 valence electrons. The Morgan fingerprint density at radius 2 is 1.89 bits per heavy atom. The molecule has 0 bridgehead atoms. The number of nitrogens with one attached hydrogen (secondary N) is 1. The van der Waals surface area contributed by atoms with Crippen LogP contribution in [0.4, 0.5) is 13.2 Å². The first-order valence-corrected chi connectivity index (χ1v) is 11.2. The van der Waals surface area contributed by atoms with Gasteiger partial charge < -0.3 is 14.8 Å². The molecule has 0 fully saturated rings. The fourth-order valence-corrected chi connectivity index (χ4v) is 3.78. The minimum absolute atomic E-state index is 0.0408. The van der Waals surface area contributed by atoms with Crippen molar-refractivity contribution in [2.24, 2.45) is 5.92 Å². The fourth-order valence-electron chi connectivity index (χ4n) is 3.78. The van der Waals surface area contributed by atoms with Crippen LogP contribution in [0.15, 0.2) is 67.1 Å². The number of halogens is 3. The highest BCUT2D eigenvalue weighted by atomic mass is 19.4. The maximum atomic E-state index is 12.7. The maximum Gasteiger partial charge on any atom is 0.417 e. The Balaban J connectivity index is 1.49. The van der Waals surface area contributed by atoms with Crippen LogP contribution in [0.1, 0.15) is 41.4 Å². The van der Waals surface area contributed by atoms with Gasteiger partial charge in [0.15, 0.2) is 0 Å². The molecule has 1 aromatic carbocycles. The monoisotopic (exact) mass is 481 g/mol. The molecule has 1 atom stereocenters. The number of methoxy groups -OCH3 is 1.